The summed E-state index contributed by atoms with van der Waals surface area (Å²) in [6.07, 6.45) is -0.212. The third-order valence-electron chi connectivity index (χ3n) is 2.86. The van der Waals surface area contributed by atoms with Gasteiger partial charge in [0.2, 0.25) is 5.76 Å². The highest BCUT2D eigenvalue weighted by molar-refractivity contribution is 9.10. The van der Waals surface area contributed by atoms with E-state index in [9.17, 15) is 14.4 Å². The number of benzene rings is 1. The molecule has 2 aromatic rings. The maximum absolute atomic E-state index is 11.8. The van der Waals surface area contributed by atoms with E-state index in [2.05, 4.69) is 21.2 Å². The molecule has 0 bridgehead atoms. The van der Waals surface area contributed by atoms with E-state index in [1.165, 1.54) is 18.2 Å². The molecule has 0 atom stereocenters. The number of carbonyl (C=O) groups excluding carboxylic acids is 3. The Bertz CT molecular complexity index is 766. The minimum Gasteiger partial charge on any atom is -0.459 e. The first-order valence-electron chi connectivity index (χ1n) is 7.38. The van der Waals surface area contributed by atoms with Gasteiger partial charge in [0.15, 0.2) is 11.3 Å². The van der Waals surface area contributed by atoms with Gasteiger partial charge in [0, 0.05) is 5.69 Å². The number of nitrogens with one attached hydrogen (secondary N) is 1. The van der Waals surface area contributed by atoms with Crippen LogP contribution in [0, 0.1) is 0 Å². The first-order chi connectivity index (χ1) is 11.8. The fourth-order valence-electron chi connectivity index (χ4n) is 1.80. The van der Waals surface area contributed by atoms with Crippen LogP contribution < -0.4 is 5.32 Å². The Morgan fingerprint density at radius 1 is 1.08 bits per heavy atom. The van der Waals surface area contributed by atoms with Crippen molar-refractivity contribution in [1.29, 1.82) is 0 Å². The Labute approximate surface area is 152 Å². The van der Waals surface area contributed by atoms with Crippen LogP contribution in [0.2, 0.25) is 0 Å². The third-order valence-corrected chi connectivity index (χ3v) is 3.28. The summed E-state index contributed by atoms with van der Waals surface area (Å²) in [5, 5.41) is 2.55. The van der Waals surface area contributed by atoms with Gasteiger partial charge in [-0.05, 0) is 66.2 Å². The summed E-state index contributed by atoms with van der Waals surface area (Å²) >= 11 is 3.07. The summed E-state index contributed by atoms with van der Waals surface area (Å²) < 4.78 is 15.3. The van der Waals surface area contributed by atoms with Crippen molar-refractivity contribution in [2.24, 2.45) is 0 Å². The first kappa shape index (κ1) is 18.7. The zero-order valence-corrected chi connectivity index (χ0v) is 15.2. The number of ether oxygens (including phenoxy) is 2. The quantitative estimate of drug-likeness (QED) is 0.734. The van der Waals surface area contributed by atoms with Crippen LogP contribution in [-0.4, -0.2) is 30.6 Å². The number of halogens is 1. The van der Waals surface area contributed by atoms with E-state index in [0.29, 0.717) is 15.9 Å². The van der Waals surface area contributed by atoms with Crippen LogP contribution in [0.1, 0.15) is 34.8 Å². The predicted octanol–water partition coefficient (Wildman–Crippen LogP) is 3.40. The van der Waals surface area contributed by atoms with Crippen molar-refractivity contribution >= 4 is 39.5 Å². The van der Waals surface area contributed by atoms with Gasteiger partial charge in [-0.1, -0.05) is 0 Å². The fourth-order valence-corrected chi connectivity index (χ4v) is 2.10. The Morgan fingerprint density at radius 3 is 2.32 bits per heavy atom. The molecule has 0 unspecified atom stereocenters. The largest absolute Gasteiger partial charge is 0.459 e. The molecular weight excluding hydrogens is 394 g/mol. The van der Waals surface area contributed by atoms with Crippen LogP contribution in [0.3, 0.4) is 0 Å². The van der Waals surface area contributed by atoms with Crippen LogP contribution in [0.25, 0.3) is 0 Å². The van der Waals surface area contributed by atoms with Gasteiger partial charge in [0.25, 0.3) is 5.91 Å². The van der Waals surface area contributed by atoms with Crippen molar-refractivity contribution < 1.29 is 28.3 Å². The summed E-state index contributed by atoms with van der Waals surface area (Å²) in [4.78, 5) is 35.2. The summed E-state index contributed by atoms with van der Waals surface area (Å²) in [5.41, 5.74) is 0.837. The molecule has 1 amide bonds. The van der Waals surface area contributed by atoms with Crippen LogP contribution in [0.15, 0.2) is 45.5 Å². The molecule has 7 nitrogen and oxygen atoms in total. The summed E-state index contributed by atoms with van der Waals surface area (Å²) in [6, 6.07) is 9.15. The average Bonchev–Trinajstić information content (AvgIpc) is 2.99. The molecule has 1 aromatic carbocycles. The fraction of sp³-hybridized carbons (Fsp3) is 0.235. The lowest BCUT2D eigenvalue weighted by atomic mass is 10.2. The normalized spacial score (nSPS) is 10.4. The average molecular weight is 410 g/mol. The molecule has 0 aliphatic heterocycles. The number of hydrogen-bond acceptors (Lipinski definition) is 6. The zero-order valence-electron chi connectivity index (χ0n) is 13.6. The molecule has 1 aromatic heterocycles. The van der Waals surface area contributed by atoms with E-state index < -0.39 is 24.5 Å². The van der Waals surface area contributed by atoms with Gasteiger partial charge in [0.1, 0.15) is 0 Å². The molecule has 25 heavy (non-hydrogen) atoms. The SMILES string of the molecule is CC(C)OC(=O)c1ccc(NC(=O)COC(=O)c2ccc(Br)o2)cc1. The van der Waals surface area contributed by atoms with E-state index in [1.54, 1.807) is 32.0 Å². The number of furan rings is 1. The molecule has 0 saturated carbocycles. The van der Waals surface area contributed by atoms with Crippen molar-refractivity contribution in [2.45, 2.75) is 20.0 Å². The maximum atomic E-state index is 11.8. The summed E-state index contributed by atoms with van der Waals surface area (Å²) in [6.45, 7) is 3.05. The smallest absolute Gasteiger partial charge is 0.374 e. The summed E-state index contributed by atoms with van der Waals surface area (Å²) in [7, 11) is 0. The van der Waals surface area contributed by atoms with Crippen LogP contribution in [0.4, 0.5) is 5.69 Å². The Kier molecular flexibility index (Phi) is 6.35. The number of anilines is 1. The van der Waals surface area contributed by atoms with Gasteiger partial charge in [-0.15, -0.1) is 0 Å². The van der Waals surface area contributed by atoms with Crippen LogP contribution in [-0.2, 0) is 14.3 Å². The molecule has 2 rings (SSSR count). The summed E-state index contributed by atoms with van der Waals surface area (Å²) in [5.74, 6) is -1.71. The minimum absolute atomic E-state index is 0.00677. The molecule has 132 valence electrons. The molecule has 0 radical (unpaired) electrons. The van der Waals surface area contributed by atoms with Crippen molar-refractivity contribution in [1.82, 2.24) is 0 Å². The topological polar surface area (TPSA) is 94.8 Å². The van der Waals surface area contributed by atoms with E-state index in [0.717, 1.165) is 0 Å². The van der Waals surface area contributed by atoms with Crippen molar-refractivity contribution in [3.8, 4) is 0 Å². The molecule has 0 fully saturated rings. The maximum Gasteiger partial charge on any atom is 0.374 e. The molecule has 0 saturated heterocycles. The van der Waals surface area contributed by atoms with Gasteiger partial charge in [-0.3, -0.25) is 4.79 Å². The molecule has 1 N–H and O–H groups in total. The van der Waals surface area contributed by atoms with E-state index in [4.69, 9.17) is 13.9 Å². The Hall–Kier alpha value is -2.61. The van der Waals surface area contributed by atoms with Crippen LogP contribution >= 0.6 is 15.9 Å². The molecule has 0 aliphatic carbocycles. The second-order valence-electron chi connectivity index (χ2n) is 5.26. The van der Waals surface area contributed by atoms with E-state index in [1.807, 2.05) is 0 Å². The van der Waals surface area contributed by atoms with Gasteiger partial charge in [-0.2, -0.15) is 0 Å². The highest BCUT2D eigenvalue weighted by atomic mass is 79.9. The van der Waals surface area contributed by atoms with E-state index >= 15 is 0 Å². The minimum atomic E-state index is -0.743. The number of amides is 1. The second kappa shape index (κ2) is 8.48. The van der Waals surface area contributed by atoms with Gasteiger partial charge in [0.05, 0.1) is 11.7 Å². The van der Waals surface area contributed by atoms with E-state index in [-0.39, 0.29) is 11.9 Å². The molecule has 1 heterocycles. The van der Waals surface area contributed by atoms with Gasteiger partial charge in [-0.25, -0.2) is 9.59 Å². The number of rotatable bonds is 6. The first-order valence-corrected chi connectivity index (χ1v) is 8.18. The number of hydrogen-bond donors (Lipinski definition) is 1. The van der Waals surface area contributed by atoms with Crippen molar-refractivity contribution in [3.05, 3.63) is 52.4 Å². The second-order valence-corrected chi connectivity index (χ2v) is 6.04. The lowest BCUT2D eigenvalue weighted by Crippen LogP contribution is -2.20. The molecular formula is C17H16BrNO6. The van der Waals surface area contributed by atoms with Gasteiger partial charge >= 0.3 is 11.9 Å². The molecule has 8 heteroatoms. The Balaban J connectivity index is 1.84. The van der Waals surface area contributed by atoms with Crippen LogP contribution in [0.5, 0.6) is 0 Å². The zero-order chi connectivity index (χ0) is 18.4. The lowest BCUT2D eigenvalue weighted by molar-refractivity contribution is -0.119. The molecule has 0 aliphatic rings. The monoisotopic (exact) mass is 409 g/mol. The third kappa shape index (κ3) is 5.75. The highest BCUT2D eigenvalue weighted by Crippen LogP contribution is 2.15. The van der Waals surface area contributed by atoms with Crippen molar-refractivity contribution in [3.63, 3.8) is 0 Å². The lowest BCUT2D eigenvalue weighted by Gasteiger charge is -2.09. The Morgan fingerprint density at radius 2 is 1.76 bits per heavy atom. The molecule has 0 spiro atoms. The number of esters is 2. The number of carbonyl (C=O) groups is 3. The highest BCUT2D eigenvalue weighted by Gasteiger charge is 2.14. The van der Waals surface area contributed by atoms with Crippen molar-refractivity contribution in [2.75, 3.05) is 11.9 Å². The predicted molar refractivity (Wildman–Crippen MR) is 92.3 cm³/mol. The van der Waals surface area contributed by atoms with Gasteiger partial charge < -0.3 is 19.2 Å². The standard InChI is InChI=1S/C17H16BrNO6/c1-10(2)24-16(21)11-3-5-12(6-4-11)19-15(20)9-23-17(22)13-7-8-14(18)25-13/h3-8,10H,9H2,1-2H3,(H,19,20).